The van der Waals surface area contributed by atoms with E-state index in [4.69, 9.17) is 24.4 Å². The minimum Gasteiger partial charge on any atom is -0.494 e. The van der Waals surface area contributed by atoms with Crippen LogP contribution in [-0.4, -0.2) is 69.7 Å². The van der Waals surface area contributed by atoms with Crippen LogP contribution in [0.25, 0.3) is 0 Å². The first-order valence-electron chi connectivity index (χ1n) is 13.1. The number of hydrogen-bond acceptors (Lipinski definition) is 7. The van der Waals surface area contributed by atoms with E-state index in [1.54, 1.807) is 25.0 Å². The molecule has 2 aliphatic heterocycles. The molecule has 2 aliphatic rings. The number of hydrogen-bond donors (Lipinski definition) is 1. The van der Waals surface area contributed by atoms with E-state index in [0.29, 0.717) is 49.8 Å². The van der Waals surface area contributed by atoms with Gasteiger partial charge in [-0.1, -0.05) is 20.8 Å². The number of ether oxygens (including phenoxy) is 4. The highest BCUT2D eigenvalue weighted by Crippen LogP contribution is 2.41. The molecule has 2 aromatic carbocycles. The quantitative estimate of drug-likeness (QED) is 0.419. The standard InChI is InChI=1S/C29H38FN3O5.ClH/c1-7-37-23-15-19-16-33(28(31)24(19)25(30)27(23)38-8-2)17-22(34)18-13-20(29(3,4)5)26(35-6)21(14-18)32-9-11-36-12-10-32;/h13-15,31H,7-12,16-17H2,1-6H3;1H. The molecule has 1 saturated heterocycles. The van der Waals surface area contributed by atoms with Gasteiger partial charge in [-0.3, -0.25) is 10.2 Å². The van der Waals surface area contributed by atoms with E-state index < -0.39 is 5.82 Å². The van der Waals surface area contributed by atoms with Gasteiger partial charge < -0.3 is 28.7 Å². The predicted molar refractivity (Wildman–Crippen MR) is 152 cm³/mol. The average molecular weight is 564 g/mol. The van der Waals surface area contributed by atoms with Crippen molar-refractivity contribution in [3.05, 3.63) is 46.3 Å². The molecular weight excluding hydrogens is 525 g/mol. The number of carbonyl (C=O) groups is 1. The second-order valence-corrected chi connectivity index (χ2v) is 10.5. The Morgan fingerprint density at radius 3 is 2.33 bits per heavy atom. The second-order valence-electron chi connectivity index (χ2n) is 10.5. The van der Waals surface area contributed by atoms with Crippen LogP contribution in [0.3, 0.4) is 0 Å². The fourth-order valence-corrected chi connectivity index (χ4v) is 5.01. The van der Waals surface area contributed by atoms with Crippen molar-refractivity contribution < 1.29 is 28.1 Å². The highest BCUT2D eigenvalue weighted by atomic mass is 35.5. The molecule has 0 aromatic heterocycles. The molecule has 10 heteroatoms. The minimum absolute atomic E-state index is 0. The number of nitrogens with one attached hydrogen (secondary N) is 1. The van der Waals surface area contributed by atoms with Crippen molar-refractivity contribution in [2.45, 2.75) is 46.6 Å². The molecule has 0 atom stereocenters. The molecule has 0 radical (unpaired) electrons. The Morgan fingerprint density at radius 2 is 1.74 bits per heavy atom. The molecule has 0 amide bonds. The first-order chi connectivity index (χ1) is 18.1. The maximum atomic E-state index is 15.5. The zero-order valence-electron chi connectivity index (χ0n) is 23.6. The summed E-state index contributed by atoms with van der Waals surface area (Å²) >= 11 is 0. The summed E-state index contributed by atoms with van der Waals surface area (Å²) < 4.78 is 38.0. The Hall–Kier alpha value is -3.04. The maximum Gasteiger partial charge on any atom is 0.197 e. The van der Waals surface area contributed by atoms with Gasteiger partial charge >= 0.3 is 0 Å². The molecule has 214 valence electrons. The molecule has 39 heavy (non-hydrogen) atoms. The number of anilines is 1. The highest BCUT2D eigenvalue weighted by molar-refractivity contribution is 6.06. The first-order valence-corrected chi connectivity index (χ1v) is 13.1. The molecule has 0 spiro atoms. The normalized spacial score (nSPS) is 15.1. The Kier molecular flexibility index (Phi) is 9.72. The van der Waals surface area contributed by atoms with E-state index in [-0.39, 0.29) is 60.5 Å². The van der Waals surface area contributed by atoms with Gasteiger partial charge in [0.2, 0.25) is 0 Å². The van der Waals surface area contributed by atoms with Gasteiger partial charge in [0.15, 0.2) is 23.1 Å². The number of amidine groups is 1. The van der Waals surface area contributed by atoms with Crippen molar-refractivity contribution in [2.24, 2.45) is 0 Å². The highest BCUT2D eigenvalue weighted by Gasteiger charge is 2.34. The van der Waals surface area contributed by atoms with Crippen LogP contribution in [0.2, 0.25) is 0 Å². The van der Waals surface area contributed by atoms with Gasteiger partial charge in [-0.05, 0) is 43.0 Å². The third kappa shape index (κ3) is 6.09. The number of carbonyl (C=O) groups excluding carboxylic acids is 1. The molecule has 4 rings (SSSR count). The fraction of sp³-hybridized carbons (Fsp3) is 0.517. The van der Waals surface area contributed by atoms with E-state index >= 15 is 4.39 Å². The number of rotatable bonds is 9. The summed E-state index contributed by atoms with van der Waals surface area (Å²) in [6, 6.07) is 5.47. The van der Waals surface area contributed by atoms with Crippen molar-refractivity contribution in [3.8, 4) is 17.2 Å². The largest absolute Gasteiger partial charge is 0.494 e. The van der Waals surface area contributed by atoms with Gasteiger partial charge in [0.25, 0.3) is 0 Å². The first kappa shape index (κ1) is 30.5. The van der Waals surface area contributed by atoms with Crippen LogP contribution >= 0.6 is 12.4 Å². The summed E-state index contributed by atoms with van der Waals surface area (Å²) in [5, 5.41) is 8.69. The molecule has 1 fully saturated rings. The van der Waals surface area contributed by atoms with Crippen molar-refractivity contribution in [1.29, 1.82) is 5.41 Å². The molecule has 8 nitrogen and oxygen atoms in total. The number of methoxy groups -OCH3 is 1. The van der Waals surface area contributed by atoms with Crippen LogP contribution in [0.5, 0.6) is 17.2 Å². The lowest BCUT2D eigenvalue weighted by molar-refractivity contribution is 0.0962. The van der Waals surface area contributed by atoms with E-state index in [0.717, 1.165) is 17.0 Å². The molecule has 0 saturated carbocycles. The number of fused-ring (bicyclic) bond motifs is 1. The van der Waals surface area contributed by atoms with Crippen LogP contribution in [0.4, 0.5) is 10.1 Å². The molecule has 0 unspecified atom stereocenters. The lowest BCUT2D eigenvalue weighted by Crippen LogP contribution is -2.37. The van der Waals surface area contributed by atoms with Gasteiger partial charge in [-0.2, -0.15) is 0 Å². The number of nitrogens with zero attached hydrogens (tertiary/aromatic N) is 2. The van der Waals surface area contributed by atoms with Crippen LogP contribution in [-0.2, 0) is 16.7 Å². The molecule has 0 bridgehead atoms. The smallest absolute Gasteiger partial charge is 0.197 e. The number of benzene rings is 2. The zero-order chi connectivity index (χ0) is 27.6. The minimum atomic E-state index is -0.623. The number of ketones is 1. The van der Waals surface area contributed by atoms with Gasteiger partial charge in [0.05, 0.1) is 51.3 Å². The molecule has 0 aliphatic carbocycles. The maximum absolute atomic E-state index is 15.5. The molecule has 2 heterocycles. The van der Waals surface area contributed by atoms with Crippen LogP contribution in [0.15, 0.2) is 18.2 Å². The van der Waals surface area contributed by atoms with Crippen LogP contribution < -0.4 is 19.1 Å². The van der Waals surface area contributed by atoms with Crippen molar-refractivity contribution in [1.82, 2.24) is 4.90 Å². The molecule has 1 N–H and O–H groups in total. The van der Waals surface area contributed by atoms with Crippen molar-refractivity contribution >= 4 is 29.7 Å². The number of morpholine rings is 1. The Balaban J connectivity index is 0.00000420. The Morgan fingerprint density at radius 1 is 1.08 bits per heavy atom. The lowest BCUT2D eigenvalue weighted by Gasteiger charge is -2.33. The Labute approximate surface area is 236 Å². The van der Waals surface area contributed by atoms with Crippen LogP contribution in [0.1, 0.15) is 61.7 Å². The third-order valence-electron chi connectivity index (χ3n) is 6.86. The van der Waals surface area contributed by atoms with Gasteiger partial charge in [0.1, 0.15) is 11.6 Å². The van der Waals surface area contributed by atoms with Crippen LogP contribution in [0, 0.1) is 11.2 Å². The monoisotopic (exact) mass is 563 g/mol. The summed E-state index contributed by atoms with van der Waals surface area (Å²) in [6.07, 6.45) is 0. The Bertz CT molecular complexity index is 1220. The summed E-state index contributed by atoms with van der Waals surface area (Å²) in [4.78, 5) is 17.4. The molecular formula is C29H39ClFN3O5. The van der Waals surface area contributed by atoms with Gasteiger partial charge in [-0.25, -0.2) is 4.39 Å². The topological polar surface area (TPSA) is 84.3 Å². The van der Waals surface area contributed by atoms with E-state index in [1.165, 1.54) is 0 Å². The second kappa shape index (κ2) is 12.4. The fourth-order valence-electron chi connectivity index (χ4n) is 5.01. The van der Waals surface area contributed by atoms with Gasteiger partial charge in [0, 0.05) is 30.8 Å². The summed E-state index contributed by atoms with van der Waals surface area (Å²) in [7, 11) is 1.65. The lowest BCUT2D eigenvalue weighted by atomic mass is 9.84. The van der Waals surface area contributed by atoms with E-state index in [9.17, 15) is 4.79 Å². The van der Waals surface area contributed by atoms with E-state index in [2.05, 4.69) is 25.7 Å². The molecule has 2 aromatic rings. The SMILES string of the molecule is CCOc1cc2c(c(F)c1OCC)C(=N)N(CC(=O)c1cc(N3CCOCC3)c(OC)c(C(C)(C)C)c1)C2.Cl. The van der Waals surface area contributed by atoms with Crippen molar-refractivity contribution in [2.75, 3.05) is 58.1 Å². The summed E-state index contributed by atoms with van der Waals surface area (Å²) in [6.45, 7) is 13.3. The average Bonchev–Trinajstić information content (AvgIpc) is 3.20. The summed E-state index contributed by atoms with van der Waals surface area (Å²) in [5.41, 5.74) is 2.82. The zero-order valence-corrected chi connectivity index (χ0v) is 24.4. The number of halogens is 2. The third-order valence-corrected chi connectivity index (χ3v) is 6.86. The van der Waals surface area contributed by atoms with E-state index in [1.807, 2.05) is 19.1 Å². The van der Waals surface area contributed by atoms with Gasteiger partial charge in [-0.15, -0.1) is 12.4 Å². The number of Topliss-reactive ketones (excluding diaryl/α,β-unsaturated/α-hetero) is 1. The predicted octanol–water partition coefficient (Wildman–Crippen LogP) is 5.21. The van der Waals surface area contributed by atoms with Crippen molar-refractivity contribution in [3.63, 3.8) is 0 Å². The summed E-state index contributed by atoms with van der Waals surface area (Å²) in [5.74, 6) is 0.263.